The molecular formula is C31H31F3N6O5. The summed E-state index contributed by atoms with van der Waals surface area (Å²) in [7, 11) is 6.45. The van der Waals surface area contributed by atoms with Gasteiger partial charge in [-0.1, -0.05) is 17.9 Å². The van der Waals surface area contributed by atoms with Gasteiger partial charge in [0.25, 0.3) is 17.7 Å². The van der Waals surface area contributed by atoms with Gasteiger partial charge in [0.2, 0.25) is 0 Å². The standard InChI is InChI=1S/C31H31F3N6O5/c1-40(2)19-22-7-8-24(14-25(22)31(32,33)34)37-28(41)23-13-20(15-35-17-23)5-6-21-16-36-18-26-27(21)39-30(45-12-10-43-4)29(38-26)44-11-9-42-3/h7-8,13-18H,9-12,19H2,1-4H3,(H,37,41). The summed E-state index contributed by atoms with van der Waals surface area (Å²) in [4.78, 5) is 31.9. The Morgan fingerprint density at radius 1 is 0.889 bits per heavy atom. The molecule has 4 rings (SSSR count). The zero-order chi connectivity index (χ0) is 32.4. The van der Waals surface area contributed by atoms with Gasteiger partial charge in [-0.15, -0.1) is 0 Å². The number of ether oxygens (including phenoxy) is 4. The third kappa shape index (κ3) is 9.08. The molecule has 0 radical (unpaired) electrons. The summed E-state index contributed by atoms with van der Waals surface area (Å²) in [6.07, 6.45) is 1.19. The van der Waals surface area contributed by atoms with Crippen LogP contribution in [0.1, 0.15) is 32.6 Å². The molecule has 1 amide bonds. The lowest BCUT2D eigenvalue weighted by Gasteiger charge is -2.17. The van der Waals surface area contributed by atoms with E-state index in [1.54, 1.807) is 33.2 Å². The Balaban J connectivity index is 1.58. The number of hydrogen-bond donors (Lipinski definition) is 1. The van der Waals surface area contributed by atoms with Crippen molar-refractivity contribution in [2.45, 2.75) is 12.7 Å². The number of aromatic nitrogens is 4. The van der Waals surface area contributed by atoms with Gasteiger partial charge in [0.1, 0.15) is 24.2 Å². The number of benzene rings is 1. The molecule has 11 nitrogen and oxygen atoms in total. The van der Waals surface area contributed by atoms with E-state index in [1.807, 2.05) is 0 Å². The van der Waals surface area contributed by atoms with Crippen molar-refractivity contribution < 1.29 is 36.9 Å². The minimum absolute atomic E-state index is 0.000754. The van der Waals surface area contributed by atoms with E-state index >= 15 is 0 Å². The fourth-order valence-corrected chi connectivity index (χ4v) is 4.04. The normalized spacial score (nSPS) is 11.3. The highest BCUT2D eigenvalue weighted by Crippen LogP contribution is 2.34. The van der Waals surface area contributed by atoms with Crippen molar-refractivity contribution in [3.8, 4) is 23.6 Å². The zero-order valence-electron chi connectivity index (χ0n) is 25.1. The van der Waals surface area contributed by atoms with E-state index < -0.39 is 17.6 Å². The van der Waals surface area contributed by atoms with Gasteiger partial charge in [-0.3, -0.25) is 14.8 Å². The SMILES string of the molecule is COCCOc1nc2cncc(C#Cc3cncc(C(=O)Nc4ccc(CN(C)C)c(C(F)(F)F)c4)c3)c2nc1OCCOC. The molecule has 1 aromatic carbocycles. The summed E-state index contributed by atoms with van der Waals surface area (Å²) in [5, 5.41) is 2.52. The molecule has 236 valence electrons. The number of hydrogen-bond acceptors (Lipinski definition) is 10. The van der Waals surface area contributed by atoms with Crippen LogP contribution in [0.5, 0.6) is 11.8 Å². The summed E-state index contributed by atoms with van der Waals surface area (Å²) >= 11 is 0. The number of rotatable bonds is 12. The number of nitrogens with zero attached hydrogens (tertiary/aromatic N) is 5. The minimum atomic E-state index is -4.58. The number of carbonyl (C=O) groups excluding carboxylic acids is 1. The summed E-state index contributed by atoms with van der Waals surface area (Å²) in [6, 6.07) is 5.18. The second-order valence-electron chi connectivity index (χ2n) is 9.85. The van der Waals surface area contributed by atoms with Crippen LogP contribution in [0.15, 0.2) is 49.1 Å². The first-order valence-corrected chi connectivity index (χ1v) is 13.6. The molecule has 0 spiro atoms. The van der Waals surface area contributed by atoms with Gasteiger partial charge in [-0.25, -0.2) is 9.97 Å². The Bertz CT molecular complexity index is 1710. The van der Waals surface area contributed by atoms with Crippen molar-refractivity contribution in [2.75, 3.05) is 60.1 Å². The van der Waals surface area contributed by atoms with Crippen molar-refractivity contribution >= 4 is 22.6 Å². The second kappa shape index (κ2) is 15.2. The van der Waals surface area contributed by atoms with Crippen molar-refractivity contribution in [1.82, 2.24) is 24.8 Å². The van der Waals surface area contributed by atoms with Crippen LogP contribution in [0, 0.1) is 11.8 Å². The van der Waals surface area contributed by atoms with Gasteiger partial charge in [-0.2, -0.15) is 13.2 Å². The first kappa shape index (κ1) is 33.1. The molecule has 0 aliphatic heterocycles. The molecule has 45 heavy (non-hydrogen) atoms. The molecule has 4 aromatic rings. The zero-order valence-corrected chi connectivity index (χ0v) is 25.1. The monoisotopic (exact) mass is 624 g/mol. The Morgan fingerprint density at radius 2 is 1.58 bits per heavy atom. The molecule has 3 heterocycles. The highest BCUT2D eigenvalue weighted by Gasteiger charge is 2.33. The molecule has 0 saturated heterocycles. The van der Waals surface area contributed by atoms with Crippen LogP contribution in [0.3, 0.4) is 0 Å². The van der Waals surface area contributed by atoms with Gasteiger partial charge in [0, 0.05) is 50.6 Å². The number of halogens is 3. The third-order valence-electron chi connectivity index (χ3n) is 6.07. The highest BCUT2D eigenvalue weighted by molar-refractivity contribution is 6.04. The van der Waals surface area contributed by atoms with Crippen molar-refractivity contribution in [3.05, 3.63) is 76.9 Å². The Morgan fingerprint density at radius 3 is 2.24 bits per heavy atom. The van der Waals surface area contributed by atoms with Gasteiger partial charge in [-0.05, 0) is 37.9 Å². The number of pyridine rings is 2. The lowest BCUT2D eigenvalue weighted by atomic mass is 10.1. The predicted molar refractivity (Wildman–Crippen MR) is 159 cm³/mol. The van der Waals surface area contributed by atoms with E-state index in [1.165, 1.54) is 43.0 Å². The molecule has 0 aliphatic rings. The maximum Gasteiger partial charge on any atom is 0.416 e. The van der Waals surface area contributed by atoms with Gasteiger partial charge >= 0.3 is 6.18 Å². The quantitative estimate of drug-likeness (QED) is 0.181. The predicted octanol–water partition coefficient (Wildman–Crippen LogP) is 4.20. The number of amides is 1. The number of anilines is 1. The summed E-state index contributed by atoms with van der Waals surface area (Å²) in [6.45, 7) is 1.19. The van der Waals surface area contributed by atoms with Crippen LogP contribution < -0.4 is 14.8 Å². The lowest BCUT2D eigenvalue weighted by molar-refractivity contribution is -0.138. The Kier molecular flexibility index (Phi) is 11.2. The fraction of sp³-hybridized carbons (Fsp3) is 0.323. The summed E-state index contributed by atoms with van der Waals surface area (Å²) in [5.74, 6) is 5.58. The van der Waals surface area contributed by atoms with Crippen LogP contribution in [0.2, 0.25) is 0 Å². The second-order valence-corrected chi connectivity index (χ2v) is 9.85. The number of nitrogens with one attached hydrogen (secondary N) is 1. The van der Waals surface area contributed by atoms with Crippen LogP contribution in [-0.4, -0.2) is 85.5 Å². The fourth-order valence-electron chi connectivity index (χ4n) is 4.04. The molecular weight excluding hydrogens is 593 g/mol. The number of fused-ring (bicyclic) bond motifs is 1. The molecule has 14 heteroatoms. The van der Waals surface area contributed by atoms with Crippen molar-refractivity contribution in [1.29, 1.82) is 0 Å². The molecule has 0 atom stereocenters. The molecule has 0 saturated carbocycles. The van der Waals surface area contributed by atoms with E-state index in [4.69, 9.17) is 18.9 Å². The van der Waals surface area contributed by atoms with Crippen molar-refractivity contribution in [2.24, 2.45) is 0 Å². The van der Waals surface area contributed by atoms with Crippen LogP contribution in [0.25, 0.3) is 11.0 Å². The van der Waals surface area contributed by atoms with Crippen molar-refractivity contribution in [3.63, 3.8) is 0 Å². The van der Waals surface area contributed by atoms with E-state index in [9.17, 15) is 18.0 Å². The van der Waals surface area contributed by atoms with E-state index in [2.05, 4.69) is 37.1 Å². The first-order valence-electron chi connectivity index (χ1n) is 13.6. The maximum atomic E-state index is 13.7. The molecule has 0 unspecified atom stereocenters. The molecule has 1 N–H and O–H groups in total. The van der Waals surface area contributed by atoms with Crippen LogP contribution in [0.4, 0.5) is 18.9 Å². The number of alkyl halides is 3. The van der Waals surface area contributed by atoms with Gasteiger partial charge in [0.15, 0.2) is 0 Å². The number of carbonyl (C=O) groups is 1. The molecule has 0 bridgehead atoms. The summed E-state index contributed by atoms with van der Waals surface area (Å²) in [5.41, 5.74) is 1.00. The maximum absolute atomic E-state index is 13.7. The lowest BCUT2D eigenvalue weighted by Crippen LogP contribution is -2.18. The first-order chi connectivity index (χ1) is 21.6. The average Bonchev–Trinajstić information content (AvgIpc) is 3.00. The third-order valence-corrected chi connectivity index (χ3v) is 6.07. The highest BCUT2D eigenvalue weighted by atomic mass is 19.4. The molecule has 3 aromatic heterocycles. The Labute approximate surface area is 257 Å². The smallest absolute Gasteiger partial charge is 0.416 e. The van der Waals surface area contributed by atoms with Crippen LogP contribution >= 0.6 is 0 Å². The molecule has 0 aliphatic carbocycles. The van der Waals surface area contributed by atoms with Gasteiger partial charge in [0.05, 0.1) is 36.1 Å². The topological polar surface area (TPSA) is 121 Å². The van der Waals surface area contributed by atoms with E-state index in [0.29, 0.717) is 35.4 Å². The molecule has 0 fully saturated rings. The van der Waals surface area contributed by atoms with E-state index in [0.717, 1.165) is 6.07 Å². The van der Waals surface area contributed by atoms with Crippen LogP contribution in [-0.2, 0) is 22.2 Å². The largest absolute Gasteiger partial charge is 0.471 e. The summed E-state index contributed by atoms with van der Waals surface area (Å²) < 4.78 is 62.6. The van der Waals surface area contributed by atoms with E-state index in [-0.39, 0.29) is 48.3 Å². The number of methoxy groups -OCH3 is 2. The van der Waals surface area contributed by atoms with Gasteiger partial charge < -0.3 is 29.2 Å². The average molecular weight is 625 g/mol. The Hall–Kier alpha value is -4.84. The minimum Gasteiger partial charge on any atom is -0.471 e.